The summed E-state index contributed by atoms with van der Waals surface area (Å²) in [4.78, 5) is 16.0. The molecule has 1 aliphatic heterocycles. The van der Waals surface area contributed by atoms with Gasteiger partial charge >= 0.3 is 12.1 Å². The van der Waals surface area contributed by atoms with Crippen LogP contribution in [-0.4, -0.2) is 38.2 Å². The van der Waals surface area contributed by atoms with Gasteiger partial charge in [-0.3, -0.25) is 4.79 Å². The van der Waals surface area contributed by atoms with Gasteiger partial charge in [0.05, 0.1) is 12.6 Å². The number of ether oxygens (including phenoxy) is 1. The van der Waals surface area contributed by atoms with E-state index >= 15 is 0 Å². The first-order chi connectivity index (χ1) is 12.5. The van der Waals surface area contributed by atoms with Crippen LogP contribution in [0.2, 0.25) is 5.02 Å². The summed E-state index contributed by atoms with van der Waals surface area (Å²) >= 11 is 5.88. The Balaban J connectivity index is 2.20. The van der Waals surface area contributed by atoms with Crippen molar-refractivity contribution in [1.82, 2.24) is 14.8 Å². The minimum absolute atomic E-state index is 0.0385. The number of fused-ring (bicyclic) bond motifs is 1. The summed E-state index contributed by atoms with van der Waals surface area (Å²) in [6, 6.07) is 5.05. The van der Waals surface area contributed by atoms with Gasteiger partial charge in [0.1, 0.15) is 5.92 Å². The summed E-state index contributed by atoms with van der Waals surface area (Å²) < 4.78 is 45.2. The lowest BCUT2D eigenvalue weighted by Crippen LogP contribution is -2.55. The smallest absolute Gasteiger partial charge is 0.453 e. The Labute approximate surface area is 157 Å². The van der Waals surface area contributed by atoms with E-state index in [-0.39, 0.29) is 12.6 Å². The van der Waals surface area contributed by atoms with Crippen molar-refractivity contribution < 1.29 is 27.8 Å². The van der Waals surface area contributed by atoms with E-state index in [1.165, 1.54) is 19.1 Å². The highest BCUT2D eigenvalue weighted by molar-refractivity contribution is 6.30. The van der Waals surface area contributed by atoms with Crippen LogP contribution in [0, 0.1) is 5.92 Å². The van der Waals surface area contributed by atoms with Crippen molar-refractivity contribution in [2.24, 2.45) is 5.92 Å². The van der Waals surface area contributed by atoms with E-state index in [1.807, 2.05) is 0 Å². The van der Waals surface area contributed by atoms with Crippen molar-refractivity contribution in [3.63, 3.8) is 0 Å². The molecule has 11 heteroatoms. The van der Waals surface area contributed by atoms with Gasteiger partial charge in [0.15, 0.2) is 5.72 Å². The topological polar surface area (TPSA) is 89.3 Å². The molecule has 2 aromatic rings. The number of carbonyl (C=O) groups excluding carboxylic acids is 1. The summed E-state index contributed by atoms with van der Waals surface area (Å²) in [5.74, 6) is -3.77. The molecule has 3 rings (SSSR count). The molecular weight excluding hydrogens is 389 g/mol. The Morgan fingerprint density at radius 1 is 1.41 bits per heavy atom. The number of esters is 1. The first-order valence-electron chi connectivity index (χ1n) is 8.01. The van der Waals surface area contributed by atoms with E-state index < -0.39 is 35.7 Å². The van der Waals surface area contributed by atoms with Crippen LogP contribution in [0.15, 0.2) is 24.3 Å². The summed E-state index contributed by atoms with van der Waals surface area (Å²) in [6.07, 6.45) is -4.79. The Morgan fingerprint density at radius 2 is 2.04 bits per heavy atom. The van der Waals surface area contributed by atoms with E-state index in [1.54, 1.807) is 19.1 Å². The molecular formula is C16H16ClF3N4O3. The van der Waals surface area contributed by atoms with Gasteiger partial charge in [-0.2, -0.15) is 18.2 Å². The lowest BCUT2D eigenvalue weighted by Gasteiger charge is -2.41. The van der Waals surface area contributed by atoms with Gasteiger partial charge in [-0.05, 0) is 31.5 Å². The van der Waals surface area contributed by atoms with E-state index in [0.717, 1.165) is 4.68 Å². The van der Waals surface area contributed by atoms with Crippen LogP contribution in [0.4, 0.5) is 19.1 Å². The first kappa shape index (κ1) is 19.4. The molecule has 0 bridgehead atoms. The molecule has 2 N–H and O–H groups in total. The molecule has 0 fully saturated rings. The molecule has 1 aromatic heterocycles. The number of carbonyl (C=O) groups is 1. The molecule has 0 saturated heterocycles. The number of benzene rings is 1. The Morgan fingerprint density at radius 3 is 2.59 bits per heavy atom. The molecule has 0 saturated carbocycles. The number of hydrogen-bond donors (Lipinski definition) is 2. The minimum Gasteiger partial charge on any atom is -0.466 e. The highest BCUT2D eigenvalue weighted by atomic mass is 35.5. The Hall–Kier alpha value is -2.33. The van der Waals surface area contributed by atoms with Crippen LogP contribution in [0.3, 0.4) is 0 Å². The number of nitrogens with one attached hydrogen (secondary N) is 1. The van der Waals surface area contributed by atoms with Crippen molar-refractivity contribution in [2.75, 3.05) is 11.9 Å². The average molecular weight is 405 g/mol. The fraction of sp³-hybridized carbons (Fsp3) is 0.438. The van der Waals surface area contributed by atoms with Crippen LogP contribution in [-0.2, 0) is 15.7 Å². The van der Waals surface area contributed by atoms with Gasteiger partial charge in [-0.1, -0.05) is 23.7 Å². The lowest BCUT2D eigenvalue weighted by atomic mass is 9.83. The molecule has 2 heterocycles. The van der Waals surface area contributed by atoms with Gasteiger partial charge in [-0.15, -0.1) is 5.10 Å². The maximum atomic E-state index is 13.1. The van der Waals surface area contributed by atoms with Crippen molar-refractivity contribution in [3.8, 4) is 0 Å². The zero-order chi connectivity index (χ0) is 20.0. The maximum absolute atomic E-state index is 13.1. The van der Waals surface area contributed by atoms with Gasteiger partial charge < -0.3 is 15.2 Å². The second-order valence-corrected chi connectivity index (χ2v) is 6.64. The number of hydrogen-bond acceptors (Lipinski definition) is 6. The highest BCUT2D eigenvalue weighted by Crippen LogP contribution is 2.42. The Bertz CT molecular complexity index is 852. The molecule has 146 valence electrons. The maximum Gasteiger partial charge on any atom is 0.453 e. The van der Waals surface area contributed by atoms with Gasteiger partial charge in [0.2, 0.25) is 5.95 Å². The molecule has 0 spiro atoms. The minimum atomic E-state index is -4.79. The van der Waals surface area contributed by atoms with Crippen molar-refractivity contribution in [2.45, 2.75) is 31.8 Å². The third-order valence-corrected chi connectivity index (χ3v) is 4.44. The van der Waals surface area contributed by atoms with Crippen LogP contribution in [0.5, 0.6) is 0 Å². The number of halogens is 4. The van der Waals surface area contributed by atoms with Gasteiger partial charge in [0, 0.05) is 5.02 Å². The summed E-state index contributed by atoms with van der Waals surface area (Å²) in [5, 5.41) is 17.2. The molecule has 1 aromatic carbocycles. The highest BCUT2D eigenvalue weighted by Gasteiger charge is 2.52. The summed E-state index contributed by atoms with van der Waals surface area (Å²) in [5.41, 5.74) is -1.51. The zero-order valence-electron chi connectivity index (χ0n) is 14.3. The van der Waals surface area contributed by atoms with Crippen LogP contribution < -0.4 is 5.32 Å². The largest absolute Gasteiger partial charge is 0.466 e. The molecule has 0 aliphatic carbocycles. The lowest BCUT2D eigenvalue weighted by molar-refractivity contribution is -0.159. The standard InChI is InChI=1S/C16H16ClF3N4O3/c1-3-27-12(25)10-11(8-4-6-9(17)7-5-8)24-14(22-15(10,2)26)21-13(23-24)16(18,19)20/h4-7,10-11,26H,3H2,1-2H3,(H,21,22,23)/t10-,11-,15-/m0/s1. The predicted molar refractivity (Wildman–Crippen MR) is 89.0 cm³/mol. The SMILES string of the molecule is CCOC(=O)[C@@H]1[C@H](c2ccc(Cl)cc2)n2nc(C(F)(F)F)nc2N[C@@]1(C)O. The molecule has 1 aliphatic rings. The van der Waals surface area contributed by atoms with E-state index in [4.69, 9.17) is 16.3 Å². The first-order valence-corrected chi connectivity index (χ1v) is 8.38. The Kier molecular flexibility index (Phi) is 4.81. The van der Waals surface area contributed by atoms with Crippen LogP contribution in [0.25, 0.3) is 0 Å². The van der Waals surface area contributed by atoms with E-state index in [2.05, 4.69) is 15.4 Å². The van der Waals surface area contributed by atoms with Crippen molar-refractivity contribution in [1.29, 1.82) is 0 Å². The molecule has 3 atom stereocenters. The number of anilines is 1. The number of aromatic nitrogens is 3. The average Bonchev–Trinajstić information content (AvgIpc) is 2.97. The van der Waals surface area contributed by atoms with E-state index in [0.29, 0.717) is 10.6 Å². The number of rotatable bonds is 3. The molecule has 0 amide bonds. The predicted octanol–water partition coefficient (Wildman–Crippen LogP) is 2.85. The fourth-order valence-corrected chi connectivity index (χ4v) is 3.19. The molecule has 27 heavy (non-hydrogen) atoms. The summed E-state index contributed by atoms with van der Waals surface area (Å²) in [7, 11) is 0. The van der Waals surface area contributed by atoms with Gasteiger partial charge in [-0.25, -0.2) is 4.68 Å². The number of nitrogens with zero attached hydrogens (tertiary/aromatic N) is 3. The molecule has 0 radical (unpaired) electrons. The third kappa shape index (κ3) is 3.59. The fourth-order valence-electron chi connectivity index (χ4n) is 3.06. The molecule has 0 unspecified atom stereocenters. The normalized spacial score (nSPS) is 24.9. The van der Waals surface area contributed by atoms with Crippen LogP contribution in [0.1, 0.15) is 31.3 Å². The molecule has 7 nitrogen and oxygen atoms in total. The van der Waals surface area contributed by atoms with Crippen LogP contribution >= 0.6 is 11.6 Å². The zero-order valence-corrected chi connectivity index (χ0v) is 15.0. The second kappa shape index (κ2) is 6.68. The van der Waals surface area contributed by atoms with Crippen molar-refractivity contribution in [3.05, 3.63) is 40.7 Å². The van der Waals surface area contributed by atoms with Gasteiger partial charge in [0.25, 0.3) is 5.82 Å². The number of alkyl halides is 3. The summed E-state index contributed by atoms with van der Waals surface area (Å²) in [6.45, 7) is 2.89. The number of aliphatic hydroxyl groups is 1. The monoisotopic (exact) mass is 404 g/mol. The second-order valence-electron chi connectivity index (χ2n) is 6.20. The third-order valence-electron chi connectivity index (χ3n) is 4.19. The van der Waals surface area contributed by atoms with Crippen molar-refractivity contribution >= 4 is 23.5 Å². The van der Waals surface area contributed by atoms with E-state index in [9.17, 15) is 23.1 Å². The quantitative estimate of drug-likeness (QED) is 0.765.